The summed E-state index contributed by atoms with van der Waals surface area (Å²) in [5.74, 6) is 0.919. The maximum Gasteiger partial charge on any atom is 0.269 e. The Hall–Kier alpha value is -3.36. The van der Waals surface area contributed by atoms with Crippen LogP contribution in [-0.4, -0.2) is 26.2 Å². The molecule has 9 nitrogen and oxygen atoms in total. The van der Waals surface area contributed by atoms with Crippen molar-refractivity contribution in [1.29, 1.82) is 0 Å². The van der Waals surface area contributed by atoms with Crippen LogP contribution in [0.4, 0.5) is 22.7 Å². The Morgan fingerprint density at radius 2 is 1.46 bits per heavy atom. The van der Waals surface area contributed by atoms with Gasteiger partial charge in [-0.15, -0.1) is 5.11 Å². The highest BCUT2D eigenvalue weighted by Gasteiger charge is 2.11. The first-order valence-electron chi connectivity index (χ1n) is 6.81. The zero-order chi connectivity index (χ0) is 17.5. The van der Waals surface area contributed by atoms with Gasteiger partial charge in [0, 0.05) is 31.3 Å². The molecule has 0 fully saturated rings. The summed E-state index contributed by atoms with van der Waals surface area (Å²) >= 11 is 0. The number of non-ortho nitro benzene ring substituents is 1. The van der Waals surface area contributed by atoms with E-state index in [1.807, 2.05) is 0 Å². The minimum atomic E-state index is -0.476. The van der Waals surface area contributed by atoms with Gasteiger partial charge in [-0.25, -0.2) is 0 Å². The van der Waals surface area contributed by atoms with Gasteiger partial charge in [-0.05, 0) is 12.1 Å². The second-order valence-electron chi connectivity index (χ2n) is 4.47. The predicted octanol–water partition coefficient (Wildman–Crippen LogP) is 4.74. The van der Waals surface area contributed by atoms with Crippen LogP contribution in [0.3, 0.4) is 0 Å². The van der Waals surface area contributed by atoms with Crippen molar-refractivity contribution >= 4 is 22.7 Å². The Balaban J connectivity index is 2.35. The largest absolute Gasteiger partial charge is 0.494 e. The van der Waals surface area contributed by atoms with E-state index in [0.29, 0.717) is 28.6 Å². The van der Waals surface area contributed by atoms with E-state index in [-0.39, 0.29) is 5.69 Å². The molecular weight excluding hydrogens is 314 g/mol. The van der Waals surface area contributed by atoms with Crippen LogP contribution in [0.5, 0.6) is 11.5 Å². The smallest absolute Gasteiger partial charge is 0.269 e. The third kappa shape index (κ3) is 3.88. The Morgan fingerprint density at radius 3 is 1.92 bits per heavy atom. The van der Waals surface area contributed by atoms with Crippen molar-refractivity contribution in [2.75, 3.05) is 21.3 Å². The second-order valence-corrected chi connectivity index (χ2v) is 4.47. The van der Waals surface area contributed by atoms with Crippen LogP contribution >= 0.6 is 0 Å². The molecule has 0 bridgehead atoms. The van der Waals surface area contributed by atoms with Crippen molar-refractivity contribution in [2.45, 2.75) is 0 Å². The van der Waals surface area contributed by atoms with Crippen LogP contribution < -0.4 is 9.47 Å². The zero-order valence-electron chi connectivity index (χ0n) is 13.3. The van der Waals surface area contributed by atoms with Crippen LogP contribution in [0.2, 0.25) is 0 Å². The van der Waals surface area contributed by atoms with Gasteiger partial charge < -0.3 is 9.47 Å². The van der Waals surface area contributed by atoms with Crippen molar-refractivity contribution in [2.24, 2.45) is 20.5 Å². The molecule has 0 saturated heterocycles. The summed E-state index contributed by atoms with van der Waals surface area (Å²) in [4.78, 5) is 10.2. The average molecular weight is 329 g/mol. The molecule has 2 rings (SSSR count). The number of nitro benzene ring substituents is 1. The molecule has 2 aromatic carbocycles. The molecule has 0 aromatic heterocycles. The molecule has 0 radical (unpaired) electrons. The van der Waals surface area contributed by atoms with E-state index in [2.05, 4.69) is 20.5 Å². The number of nitrogens with zero attached hydrogens (tertiary/aromatic N) is 5. The lowest BCUT2D eigenvalue weighted by molar-refractivity contribution is -0.384. The standard InChI is InChI=1S/C15H15N5O4/c1-16-18-12-8-15(24-3)13(9-14(12)23-2)19-17-10-4-6-11(7-5-10)20(21)22/h4-9H,1-3H3/b18-16+,19-17+. The molecule has 124 valence electrons. The summed E-state index contributed by atoms with van der Waals surface area (Å²) < 4.78 is 10.5. The highest BCUT2D eigenvalue weighted by atomic mass is 16.6. The first-order chi connectivity index (χ1) is 11.6. The molecule has 0 saturated carbocycles. The summed E-state index contributed by atoms with van der Waals surface area (Å²) in [5.41, 5.74) is 1.40. The van der Waals surface area contributed by atoms with Gasteiger partial charge in [-0.3, -0.25) is 10.1 Å². The molecule has 0 N–H and O–H groups in total. The fourth-order valence-corrected chi connectivity index (χ4v) is 1.88. The van der Waals surface area contributed by atoms with Crippen LogP contribution in [0.1, 0.15) is 0 Å². The molecule has 9 heteroatoms. The Kier molecular flexibility index (Phi) is 5.50. The lowest BCUT2D eigenvalue weighted by atomic mass is 10.2. The Morgan fingerprint density at radius 1 is 0.917 bits per heavy atom. The molecule has 24 heavy (non-hydrogen) atoms. The third-order valence-corrected chi connectivity index (χ3v) is 3.02. The highest BCUT2D eigenvalue weighted by Crippen LogP contribution is 2.40. The van der Waals surface area contributed by atoms with Gasteiger partial charge in [0.1, 0.15) is 22.9 Å². The maximum absolute atomic E-state index is 10.6. The van der Waals surface area contributed by atoms with Crippen LogP contribution in [-0.2, 0) is 0 Å². The van der Waals surface area contributed by atoms with Gasteiger partial charge in [0.25, 0.3) is 5.69 Å². The number of hydrogen-bond donors (Lipinski definition) is 0. The monoisotopic (exact) mass is 329 g/mol. The molecule has 0 atom stereocenters. The maximum atomic E-state index is 10.6. The van der Waals surface area contributed by atoms with Gasteiger partial charge in [0.2, 0.25) is 0 Å². The number of benzene rings is 2. The number of methoxy groups -OCH3 is 2. The first kappa shape index (κ1) is 17.0. The number of azo groups is 2. The van der Waals surface area contributed by atoms with Gasteiger partial charge in [-0.1, -0.05) is 0 Å². The predicted molar refractivity (Wildman–Crippen MR) is 87.3 cm³/mol. The van der Waals surface area contributed by atoms with E-state index in [9.17, 15) is 10.1 Å². The van der Waals surface area contributed by atoms with Crippen molar-refractivity contribution in [3.05, 3.63) is 46.5 Å². The number of nitro groups is 1. The summed E-state index contributed by atoms with van der Waals surface area (Å²) in [6, 6.07) is 8.98. The second kappa shape index (κ2) is 7.77. The van der Waals surface area contributed by atoms with Crippen LogP contribution in [0.25, 0.3) is 0 Å². The third-order valence-electron chi connectivity index (χ3n) is 3.02. The molecule has 0 aliphatic carbocycles. The van der Waals surface area contributed by atoms with E-state index in [1.54, 1.807) is 19.2 Å². The van der Waals surface area contributed by atoms with E-state index < -0.39 is 4.92 Å². The lowest BCUT2D eigenvalue weighted by Gasteiger charge is -2.08. The van der Waals surface area contributed by atoms with E-state index >= 15 is 0 Å². The molecule has 0 unspecified atom stereocenters. The summed E-state index contributed by atoms with van der Waals surface area (Å²) in [5, 5.41) is 26.5. The SMILES string of the molecule is C/N=N/c1cc(OC)c(/N=N/c2ccc([N+](=O)[O-])cc2)cc1OC. The van der Waals surface area contributed by atoms with Crippen LogP contribution in [0, 0.1) is 10.1 Å². The van der Waals surface area contributed by atoms with Crippen molar-refractivity contribution in [3.8, 4) is 11.5 Å². The van der Waals surface area contributed by atoms with E-state index in [1.165, 1.54) is 38.5 Å². The van der Waals surface area contributed by atoms with Crippen molar-refractivity contribution in [3.63, 3.8) is 0 Å². The van der Waals surface area contributed by atoms with E-state index in [0.717, 1.165) is 0 Å². The molecule has 0 aliphatic heterocycles. The van der Waals surface area contributed by atoms with Gasteiger partial charge >= 0.3 is 0 Å². The van der Waals surface area contributed by atoms with E-state index in [4.69, 9.17) is 9.47 Å². The Bertz CT molecular complexity index is 787. The lowest BCUT2D eigenvalue weighted by Crippen LogP contribution is -1.87. The minimum Gasteiger partial charge on any atom is -0.494 e. The van der Waals surface area contributed by atoms with Gasteiger partial charge in [0.05, 0.1) is 24.8 Å². The summed E-state index contributed by atoms with van der Waals surface area (Å²) in [6.45, 7) is 0. The topological polar surface area (TPSA) is 111 Å². The average Bonchev–Trinajstić information content (AvgIpc) is 2.60. The number of rotatable bonds is 6. The van der Waals surface area contributed by atoms with Crippen molar-refractivity contribution < 1.29 is 14.4 Å². The number of ether oxygens (including phenoxy) is 2. The van der Waals surface area contributed by atoms with Gasteiger partial charge in [0.15, 0.2) is 0 Å². The summed E-state index contributed by atoms with van der Waals surface area (Å²) in [7, 11) is 4.56. The van der Waals surface area contributed by atoms with Crippen LogP contribution in [0.15, 0.2) is 56.9 Å². The summed E-state index contributed by atoms with van der Waals surface area (Å²) in [6.07, 6.45) is 0. The first-order valence-corrected chi connectivity index (χ1v) is 6.81. The normalized spacial score (nSPS) is 11.1. The fraction of sp³-hybridized carbons (Fsp3) is 0.200. The fourth-order valence-electron chi connectivity index (χ4n) is 1.88. The highest BCUT2D eigenvalue weighted by molar-refractivity contribution is 5.66. The molecule has 0 heterocycles. The minimum absolute atomic E-state index is 0.0116. The zero-order valence-corrected chi connectivity index (χ0v) is 13.3. The number of hydrogen-bond acceptors (Lipinski definition) is 8. The van der Waals surface area contributed by atoms with Crippen molar-refractivity contribution in [1.82, 2.24) is 0 Å². The molecule has 0 spiro atoms. The quantitative estimate of drug-likeness (QED) is 0.432. The molecular formula is C15H15N5O4. The molecule has 0 amide bonds. The molecule has 0 aliphatic rings. The van der Waals surface area contributed by atoms with Gasteiger partial charge in [-0.2, -0.15) is 15.3 Å². The Labute approximate surface area is 137 Å². The molecule has 2 aromatic rings.